The van der Waals surface area contributed by atoms with Gasteiger partial charge in [-0.05, 0) is 61.7 Å². The molecular weight excluding hydrogens is 372 g/mol. The number of ether oxygens (including phenoxy) is 1. The number of halogens is 1. The van der Waals surface area contributed by atoms with Crippen LogP contribution in [0.5, 0.6) is 5.75 Å². The van der Waals surface area contributed by atoms with Crippen molar-refractivity contribution in [1.29, 1.82) is 0 Å². The number of piperidine rings is 1. The summed E-state index contributed by atoms with van der Waals surface area (Å²) >= 11 is 6.01. The van der Waals surface area contributed by atoms with Crippen molar-refractivity contribution in [2.45, 2.75) is 51.8 Å². The number of benzene rings is 2. The molecule has 1 amide bonds. The predicted molar refractivity (Wildman–Crippen MR) is 114 cm³/mol. The van der Waals surface area contributed by atoms with E-state index < -0.39 is 6.10 Å². The van der Waals surface area contributed by atoms with Crippen molar-refractivity contribution in [2.75, 3.05) is 13.1 Å². The summed E-state index contributed by atoms with van der Waals surface area (Å²) in [5.74, 6) is 0.509. The molecule has 0 bridgehead atoms. The van der Waals surface area contributed by atoms with Crippen LogP contribution in [-0.4, -0.2) is 30.0 Å². The van der Waals surface area contributed by atoms with Crippen molar-refractivity contribution >= 4 is 17.5 Å². The maximum Gasteiger partial charge on any atom is 0.261 e. The number of nitrogens with one attached hydrogen (secondary N) is 1. The fourth-order valence-electron chi connectivity index (χ4n) is 3.57. The maximum atomic E-state index is 12.7. The number of rotatable bonds is 8. The number of nitrogens with zero attached hydrogens (tertiary/aromatic N) is 1. The third-order valence-electron chi connectivity index (χ3n) is 5.15. The van der Waals surface area contributed by atoms with Crippen LogP contribution in [0.4, 0.5) is 0 Å². The minimum absolute atomic E-state index is 0.102. The highest BCUT2D eigenvalue weighted by Crippen LogP contribution is 2.20. The topological polar surface area (TPSA) is 41.6 Å². The Morgan fingerprint density at radius 1 is 1.11 bits per heavy atom. The van der Waals surface area contributed by atoms with E-state index in [9.17, 15) is 4.79 Å². The van der Waals surface area contributed by atoms with Crippen molar-refractivity contribution in [3.8, 4) is 5.75 Å². The van der Waals surface area contributed by atoms with Crippen LogP contribution in [0.15, 0.2) is 48.5 Å². The SMILES string of the molecule is CC[C@H](Oc1cccc(Cl)c1)C(=O)NCc1ccccc1CN1CCCCC1. The van der Waals surface area contributed by atoms with Crippen molar-refractivity contribution in [2.24, 2.45) is 0 Å². The average Bonchev–Trinajstić information content (AvgIpc) is 2.72. The van der Waals surface area contributed by atoms with E-state index in [0.29, 0.717) is 23.7 Å². The molecule has 1 atom stereocenters. The second kappa shape index (κ2) is 10.5. The Labute approximate surface area is 172 Å². The summed E-state index contributed by atoms with van der Waals surface area (Å²) in [7, 11) is 0. The zero-order chi connectivity index (χ0) is 19.8. The van der Waals surface area contributed by atoms with Gasteiger partial charge in [0.05, 0.1) is 0 Å². The lowest BCUT2D eigenvalue weighted by molar-refractivity contribution is -0.128. The molecule has 1 N–H and O–H groups in total. The van der Waals surface area contributed by atoms with Crippen LogP contribution in [0.2, 0.25) is 5.02 Å². The molecule has 5 heteroatoms. The van der Waals surface area contributed by atoms with Crippen LogP contribution in [0.3, 0.4) is 0 Å². The Morgan fingerprint density at radius 3 is 2.57 bits per heavy atom. The molecule has 4 nitrogen and oxygen atoms in total. The maximum absolute atomic E-state index is 12.7. The first-order valence-electron chi connectivity index (χ1n) is 10.1. The minimum Gasteiger partial charge on any atom is -0.481 e. The lowest BCUT2D eigenvalue weighted by atomic mass is 10.0. The Morgan fingerprint density at radius 2 is 1.86 bits per heavy atom. The molecule has 0 aliphatic carbocycles. The number of hydrogen-bond donors (Lipinski definition) is 1. The van der Waals surface area contributed by atoms with E-state index in [4.69, 9.17) is 16.3 Å². The molecule has 2 aromatic carbocycles. The van der Waals surface area contributed by atoms with Crippen molar-refractivity contribution < 1.29 is 9.53 Å². The van der Waals surface area contributed by atoms with E-state index >= 15 is 0 Å². The Kier molecular flexibility index (Phi) is 7.75. The summed E-state index contributed by atoms with van der Waals surface area (Å²) in [6.07, 6.45) is 3.94. The third-order valence-corrected chi connectivity index (χ3v) is 5.39. The highest BCUT2D eigenvalue weighted by atomic mass is 35.5. The van der Waals surface area contributed by atoms with Gasteiger partial charge in [0.1, 0.15) is 5.75 Å². The van der Waals surface area contributed by atoms with E-state index in [1.54, 1.807) is 12.1 Å². The van der Waals surface area contributed by atoms with Gasteiger partial charge in [-0.15, -0.1) is 0 Å². The van der Waals surface area contributed by atoms with Gasteiger partial charge in [0.15, 0.2) is 6.10 Å². The molecule has 28 heavy (non-hydrogen) atoms. The van der Waals surface area contributed by atoms with Gasteiger partial charge in [-0.3, -0.25) is 9.69 Å². The van der Waals surface area contributed by atoms with Crippen LogP contribution in [-0.2, 0) is 17.9 Å². The molecule has 1 saturated heterocycles. The molecule has 3 rings (SSSR count). The van der Waals surface area contributed by atoms with E-state index in [0.717, 1.165) is 19.6 Å². The van der Waals surface area contributed by atoms with Gasteiger partial charge in [-0.1, -0.05) is 55.3 Å². The Bertz CT molecular complexity index is 775. The molecule has 2 aromatic rings. The highest BCUT2D eigenvalue weighted by molar-refractivity contribution is 6.30. The van der Waals surface area contributed by atoms with Crippen LogP contribution >= 0.6 is 11.6 Å². The molecule has 1 aliphatic rings. The first-order chi connectivity index (χ1) is 13.7. The van der Waals surface area contributed by atoms with Crippen LogP contribution in [0.1, 0.15) is 43.7 Å². The lowest BCUT2D eigenvalue weighted by Crippen LogP contribution is -2.38. The first kappa shape index (κ1) is 20.7. The molecular formula is C23H29ClN2O2. The standard InChI is InChI=1S/C23H29ClN2O2/c1-2-22(28-21-12-8-11-20(24)15-21)23(27)25-16-18-9-4-5-10-19(18)17-26-13-6-3-7-14-26/h4-5,8-12,15,22H,2-3,6-7,13-14,16-17H2,1H3,(H,25,27)/t22-/m0/s1. The third kappa shape index (κ3) is 5.98. The van der Waals surface area contributed by atoms with Crippen molar-refractivity contribution in [3.05, 3.63) is 64.7 Å². The summed E-state index contributed by atoms with van der Waals surface area (Å²) in [5, 5.41) is 3.64. The second-order valence-corrected chi connectivity index (χ2v) is 7.73. The van der Waals surface area contributed by atoms with Gasteiger partial charge in [0, 0.05) is 18.1 Å². The van der Waals surface area contributed by atoms with E-state index in [-0.39, 0.29) is 5.91 Å². The molecule has 0 saturated carbocycles. The second-order valence-electron chi connectivity index (χ2n) is 7.30. The van der Waals surface area contributed by atoms with Crippen molar-refractivity contribution in [1.82, 2.24) is 10.2 Å². The molecule has 150 valence electrons. The van der Waals surface area contributed by atoms with Gasteiger partial charge < -0.3 is 10.1 Å². The largest absolute Gasteiger partial charge is 0.481 e. The summed E-state index contributed by atoms with van der Waals surface area (Å²) in [4.78, 5) is 15.2. The summed E-state index contributed by atoms with van der Waals surface area (Å²) in [5.41, 5.74) is 2.45. The van der Waals surface area contributed by atoms with Gasteiger partial charge >= 0.3 is 0 Å². The Hall–Kier alpha value is -2.04. The number of carbonyl (C=O) groups is 1. The van der Waals surface area contributed by atoms with E-state index in [1.165, 1.54) is 30.4 Å². The fraction of sp³-hybridized carbons (Fsp3) is 0.435. The van der Waals surface area contributed by atoms with Crippen LogP contribution in [0.25, 0.3) is 0 Å². The zero-order valence-electron chi connectivity index (χ0n) is 16.5. The number of carbonyl (C=O) groups excluding carboxylic acids is 1. The van der Waals surface area contributed by atoms with E-state index in [2.05, 4.69) is 28.4 Å². The van der Waals surface area contributed by atoms with Crippen LogP contribution in [0, 0.1) is 0 Å². The molecule has 1 fully saturated rings. The minimum atomic E-state index is -0.535. The zero-order valence-corrected chi connectivity index (χ0v) is 17.3. The average molecular weight is 401 g/mol. The smallest absolute Gasteiger partial charge is 0.261 e. The lowest BCUT2D eigenvalue weighted by Gasteiger charge is -2.27. The number of likely N-dealkylation sites (tertiary alicyclic amines) is 1. The Balaban J connectivity index is 1.58. The molecule has 0 unspecified atom stereocenters. The monoisotopic (exact) mass is 400 g/mol. The van der Waals surface area contributed by atoms with Gasteiger partial charge in [0.25, 0.3) is 5.91 Å². The summed E-state index contributed by atoms with van der Waals surface area (Å²) < 4.78 is 5.84. The molecule has 0 radical (unpaired) electrons. The number of hydrogen-bond acceptors (Lipinski definition) is 3. The van der Waals surface area contributed by atoms with Gasteiger partial charge in [-0.2, -0.15) is 0 Å². The van der Waals surface area contributed by atoms with E-state index in [1.807, 2.05) is 25.1 Å². The molecule has 0 spiro atoms. The normalized spacial score (nSPS) is 15.8. The summed E-state index contributed by atoms with van der Waals surface area (Å²) in [6, 6.07) is 15.5. The quantitative estimate of drug-likeness (QED) is 0.692. The van der Waals surface area contributed by atoms with Crippen LogP contribution < -0.4 is 10.1 Å². The number of amides is 1. The fourth-order valence-corrected chi connectivity index (χ4v) is 3.75. The molecule has 1 aliphatic heterocycles. The molecule has 1 heterocycles. The summed E-state index contributed by atoms with van der Waals surface area (Å²) in [6.45, 7) is 5.72. The highest BCUT2D eigenvalue weighted by Gasteiger charge is 2.19. The first-order valence-corrected chi connectivity index (χ1v) is 10.5. The van der Waals surface area contributed by atoms with Gasteiger partial charge in [-0.25, -0.2) is 0 Å². The van der Waals surface area contributed by atoms with Gasteiger partial charge in [0.2, 0.25) is 0 Å². The molecule has 0 aromatic heterocycles. The van der Waals surface area contributed by atoms with Crippen molar-refractivity contribution in [3.63, 3.8) is 0 Å². The predicted octanol–water partition coefficient (Wildman–Crippen LogP) is 4.80.